The number of pyridine rings is 1. The van der Waals surface area contributed by atoms with Crippen LogP contribution in [0.25, 0.3) is 11.1 Å². The fraction of sp³-hybridized carbons (Fsp3) is 0.375. The number of hydrogen-bond acceptors (Lipinski definition) is 10. The number of nitrogens with one attached hydrogen (secondary N) is 3. The summed E-state index contributed by atoms with van der Waals surface area (Å²) in [5.74, 6) is 1.81. The van der Waals surface area contributed by atoms with Gasteiger partial charge in [-0.15, -0.1) is 0 Å². The molecule has 1 aliphatic rings. The van der Waals surface area contributed by atoms with E-state index in [1.54, 1.807) is 50.4 Å². The molecule has 0 radical (unpaired) electrons. The van der Waals surface area contributed by atoms with Gasteiger partial charge in [-0.3, -0.25) is 14.4 Å². The van der Waals surface area contributed by atoms with Crippen LogP contribution in [0.1, 0.15) is 36.9 Å². The predicted octanol–water partition coefficient (Wildman–Crippen LogP) is 4.44. The minimum atomic E-state index is -0.736. The molecular formula is C32H38N4O7S. The van der Waals surface area contributed by atoms with Gasteiger partial charge in [0.25, 0.3) is 0 Å². The van der Waals surface area contributed by atoms with Crippen molar-refractivity contribution >= 4 is 35.0 Å². The Morgan fingerprint density at radius 1 is 1.02 bits per heavy atom. The van der Waals surface area contributed by atoms with Crippen molar-refractivity contribution < 1.29 is 28.5 Å². The Balaban J connectivity index is 1.84. The van der Waals surface area contributed by atoms with Crippen LogP contribution in [0.4, 0.5) is 11.4 Å². The summed E-state index contributed by atoms with van der Waals surface area (Å²) in [4.78, 5) is 43.7. The quantitative estimate of drug-likeness (QED) is 0.266. The maximum Gasteiger partial charge on any atom is 0.247 e. The molecule has 2 atom stereocenters. The summed E-state index contributed by atoms with van der Waals surface area (Å²) in [5.41, 5.74) is 3.33. The summed E-state index contributed by atoms with van der Waals surface area (Å²) in [6, 6.07) is 9.13. The third kappa shape index (κ3) is 7.02. The van der Waals surface area contributed by atoms with Gasteiger partial charge < -0.3 is 34.9 Å². The number of aromatic nitrogens is 1. The highest BCUT2D eigenvalue weighted by atomic mass is 32.2. The molecule has 0 aliphatic heterocycles. The number of aryl methyl sites for hydroxylation is 1. The maximum absolute atomic E-state index is 13.8. The second kappa shape index (κ2) is 14.8. The molecule has 1 aliphatic carbocycles. The number of hydrogen-bond donors (Lipinski definition) is 3. The Kier molecular flexibility index (Phi) is 10.9. The normalized spacial score (nSPS) is 14.2. The van der Waals surface area contributed by atoms with E-state index in [2.05, 4.69) is 20.9 Å². The molecule has 0 bridgehead atoms. The minimum Gasteiger partial charge on any atom is -0.493 e. The minimum absolute atomic E-state index is 0.217. The average molecular weight is 623 g/mol. The third-order valence-electron chi connectivity index (χ3n) is 7.40. The van der Waals surface area contributed by atoms with Crippen LogP contribution in [-0.4, -0.2) is 63.3 Å². The topological polar surface area (TPSA) is 137 Å². The van der Waals surface area contributed by atoms with Crippen molar-refractivity contribution in [1.82, 2.24) is 10.3 Å². The number of rotatable bonds is 12. The van der Waals surface area contributed by atoms with E-state index in [9.17, 15) is 14.4 Å². The van der Waals surface area contributed by atoms with Crippen LogP contribution in [0.2, 0.25) is 0 Å². The van der Waals surface area contributed by atoms with Crippen molar-refractivity contribution in [2.45, 2.75) is 38.3 Å². The number of benzene rings is 1. The molecule has 2 amide bonds. The first kappa shape index (κ1) is 32.5. The van der Waals surface area contributed by atoms with E-state index in [0.717, 1.165) is 11.1 Å². The van der Waals surface area contributed by atoms with Gasteiger partial charge in [0.2, 0.25) is 28.9 Å². The molecule has 3 aromatic rings. The molecule has 0 fully saturated rings. The molecule has 4 rings (SSSR count). The first-order chi connectivity index (χ1) is 21.3. The molecule has 12 heteroatoms. The molecule has 3 N–H and O–H groups in total. The second-order valence-corrected chi connectivity index (χ2v) is 11.1. The molecule has 0 unspecified atom stereocenters. The molecule has 44 heavy (non-hydrogen) atoms. The van der Waals surface area contributed by atoms with Crippen LogP contribution in [0.5, 0.6) is 23.1 Å². The molecule has 11 nitrogen and oxygen atoms in total. The number of fused-ring (bicyclic) bond motifs is 3. The number of carbonyl (C=O) groups is 2. The van der Waals surface area contributed by atoms with Gasteiger partial charge in [0, 0.05) is 18.7 Å². The highest BCUT2D eigenvalue weighted by molar-refractivity contribution is 7.98. The fourth-order valence-electron chi connectivity index (χ4n) is 5.39. The predicted molar refractivity (Wildman–Crippen MR) is 173 cm³/mol. The molecule has 2 aromatic carbocycles. The van der Waals surface area contributed by atoms with Gasteiger partial charge in [-0.05, 0) is 78.3 Å². The van der Waals surface area contributed by atoms with E-state index in [1.807, 2.05) is 18.4 Å². The van der Waals surface area contributed by atoms with Crippen LogP contribution in [0.15, 0.2) is 47.4 Å². The number of thioether (sulfide) groups is 1. The molecule has 1 heterocycles. The summed E-state index contributed by atoms with van der Waals surface area (Å²) in [6.45, 7) is 1.45. The summed E-state index contributed by atoms with van der Waals surface area (Å²) in [7, 11) is 6.12. The van der Waals surface area contributed by atoms with Crippen molar-refractivity contribution in [1.29, 1.82) is 0 Å². The van der Waals surface area contributed by atoms with Gasteiger partial charge in [-0.25, -0.2) is 4.98 Å². The van der Waals surface area contributed by atoms with Crippen molar-refractivity contribution in [3.63, 3.8) is 0 Å². The van der Waals surface area contributed by atoms with Crippen LogP contribution in [0, 0.1) is 0 Å². The van der Waals surface area contributed by atoms with Crippen LogP contribution < -0.4 is 40.3 Å². The lowest BCUT2D eigenvalue weighted by Gasteiger charge is -2.19. The molecule has 0 spiro atoms. The van der Waals surface area contributed by atoms with Gasteiger partial charge >= 0.3 is 0 Å². The van der Waals surface area contributed by atoms with Crippen LogP contribution in [0.3, 0.4) is 0 Å². The average Bonchev–Trinajstić information content (AvgIpc) is 3.26. The highest BCUT2D eigenvalue weighted by Crippen LogP contribution is 2.50. The molecule has 0 saturated carbocycles. The fourth-order valence-corrected chi connectivity index (χ4v) is 5.86. The lowest BCUT2D eigenvalue weighted by molar-refractivity contribution is -0.120. The summed E-state index contributed by atoms with van der Waals surface area (Å²) >= 11 is 1.59. The van der Waals surface area contributed by atoms with Gasteiger partial charge in [-0.2, -0.15) is 11.8 Å². The number of methoxy groups -OCH3 is 4. The summed E-state index contributed by atoms with van der Waals surface area (Å²) < 4.78 is 22.4. The standard InChI is InChI=1S/C32H38N4O7S/c1-18(37)34-22-11-9-19-16-27(40-2)29(41-3)30(42-4)28(19)20-10-12-23(26(38)17-21(20)22)35-24(13-15-44-6)31(39)36-25-8-7-14-33-32(25)43-5/h7-8,10,12,14,16-17,22,24H,9,11,13,15H2,1-6H3,(H,34,37)(H,35,38)(H,36,39)/t22-,24-/m0/s1. The number of ether oxygens (including phenoxy) is 4. The molecule has 1 aromatic heterocycles. The van der Waals surface area contributed by atoms with E-state index in [1.165, 1.54) is 27.2 Å². The van der Waals surface area contributed by atoms with Gasteiger partial charge in [0.15, 0.2) is 11.5 Å². The van der Waals surface area contributed by atoms with Gasteiger partial charge in [-0.1, -0.05) is 6.07 Å². The van der Waals surface area contributed by atoms with E-state index in [4.69, 9.17) is 18.9 Å². The summed E-state index contributed by atoms with van der Waals surface area (Å²) in [6.07, 6.45) is 5.10. The van der Waals surface area contributed by atoms with E-state index >= 15 is 0 Å². The first-order valence-corrected chi connectivity index (χ1v) is 15.5. The lowest BCUT2D eigenvalue weighted by Crippen LogP contribution is -2.36. The molecular weight excluding hydrogens is 584 g/mol. The lowest BCUT2D eigenvalue weighted by atomic mass is 9.95. The van der Waals surface area contributed by atoms with E-state index < -0.39 is 12.1 Å². The van der Waals surface area contributed by atoms with Crippen LogP contribution in [-0.2, 0) is 16.0 Å². The molecule has 234 valence electrons. The van der Waals surface area contributed by atoms with Crippen molar-refractivity contribution in [3.05, 3.63) is 63.9 Å². The highest BCUT2D eigenvalue weighted by Gasteiger charge is 2.30. The summed E-state index contributed by atoms with van der Waals surface area (Å²) in [5, 5.41) is 9.06. The Bertz CT molecular complexity index is 1580. The smallest absolute Gasteiger partial charge is 0.247 e. The Morgan fingerprint density at radius 2 is 1.80 bits per heavy atom. The number of amides is 2. The monoisotopic (exact) mass is 622 g/mol. The Labute approximate surface area is 261 Å². The number of carbonyl (C=O) groups excluding carboxylic acids is 2. The van der Waals surface area contributed by atoms with Crippen LogP contribution >= 0.6 is 11.8 Å². The maximum atomic E-state index is 13.8. The zero-order valence-corrected chi connectivity index (χ0v) is 26.6. The largest absolute Gasteiger partial charge is 0.493 e. The Hall–Kier alpha value is -4.45. The number of anilines is 2. The first-order valence-electron chi connectivity index (χ1n) is 14.1. The van der Waals surface area contributed by atoms with Gasteiger partial charge in [0.1, 0.15) is 11.7 Å². The van der Waals surface area contributed by atoms with Crippen molar-refractivity contribution in [2.24, 2.45) is 0 Å². The van der Waals surface area contributed by atoms with E-state index in [0.29, 0.717) is 59.1 Å². The molecule has 0 saturated heterocycles. The third-order valence-corrected chi connectivity index (χ3v) is 8.04. The van der Waals surface area contributed by atoms with Crippen molar-refractivity contribution in [2.75, 3.05) is 51.1 Å². The zero-order valence-electron chi connectivity index (χ0n) is 25.7. The number of nitrogens with zero attached hydrogens (tertiary/aromatic N) is 1. The van der Waals surface area contributed by atoms with Gasteiger partial charge in [0.05, 0.1) is 40.2 Å². The SMILES string of the molecule is COc1cc2c(c(OC)c1OC)-c1ccc(N[C@@H](CCSC)C(=O)Nc3cccnc3OC)c(=O)cc1[C@@H](NC(C)=O)CC2. The van der Waals surface area contributed by atoms with E-state index in [-0.39, 0.29) is 28.8 Å². The van der Waals surface area contributed by atoms with Crippen molar-refractivity contribution in [3.8, 4) is 34.3 Å². The Morgan fingerprint density at radius 3 is 2.45 bits per heavy atom. The second-order valence-electron chi connectivity index (χ2n) is 10.1. The zero-order chi connectivity index (χ0) is 31.8.